The predicted octanol–water partition coefficient (Wildman–Crippen LogP) is 2.52. The Kier molecular flexibility index (Phi) is 3.93. The van der Waals surface area contributed by atoms with Crippen molar-refractivity contribution in [1.29, 1.82) is 0 Å². The highest BCUT2D eigenvalue weighted by Gasteiger charge is 2.12. The molecule has 0 saturated carbocycles. The quantitative estimate of drug-likeness (QED) is 0.804. The number of aliphatic hydroxyl groups is 1. The molecule has 0 bridgehead atoms. The van der Waals surface area contributed by atoms with Crippen LogP contribution in [0.25, 0.3) is 11.4 Å². The Hall–Kier alpha value is -2.60. The van der Waals surface area contributed by atoms with Crippen LogP contribution < -0.4 is 0 Å². The van der Waals surface area contributed by atoms with Crippen LogP contribution in [0.3, 0.4) is 0 Å². The molecule has 0 fully saturated rings. The second-order valence-corrected chi connectivity index (χ2v) is 5.06. The molecular weight excluding hydrogens is 283 g/mol. The second kappa shape index (κ2) is 6.03. The number of benzene rings is 2. The van der Waals surface area contributed by atoms with E-state index in [9.17, 15) is 9.50 Å². The minimum Gasteiger partial charge on any atom is -0.386 e. The van der Waals surface area contributed by atoms with Gasteiger partial charge >= 0.3 is 0 Å². The molecule has 1 aromatic heterocycles. The summed E-state index contributed by atoms with van der Waals surface area (Å²) in [4.78, 5) is 1.34. The normalized spacial score (nSPS) is 12.3. The van der Waals surface area contributed by atoms with Crippen molar-refractivity contribution in [2.24, 2.45) is 0 Å². The first-order chi connectivity index (χ1) is 10.6. The molecule has 0 radical (unpaired) electrons. The number of aliphatic hydroxyl groups excluding tert-OH is 1. The van der Waals surface area contributed by atoms with Crippen LogP contribution in [0.4, 0.5) is 4.39 Å². The molecule has 6 heteroatoms. The summed E-state index contributed by atoms with van der Waals surface area (Å²) >= 11 is 0. The molecule has 2 aromatic carbocycles. The zero-order valence-corrected chi connectivity index (χ0v) is 12.0. The fourth-order valence-electron chi connectivity index (χ4n) is 2.16. The molecule has 1 heterocycles. The zero-order valence-electron chi connectivity index (χ0n) is 12.0. The average Bonchev–Trinajstić information content (AvgIpc) is 2.99. The summed E-state index contributed by atoms with van der Waals surface area (Å²) in [6, 6.07) is 13.9. The van der Waals surface area contributed by atoms with E-state index in [1.807, 2.05) is 30.3 Å². The fraction of sp³-hybridized carbons (Fsp3) is 0.188. The Morgan fingerprint density at radius 3 is 2.68 bits per heavy atom. The Morgan fingerprint density at radius 1 is 1.18 bits per heavy atom. The fourth-order valence-corrected chi connectivity index (χ4v) is 2.16. The third kappa shape index (κ3) is 3.01. The highest BCUT2D eigenvalue weighted by molar-refractivity contribution is 5.55. The first kappa shape index (κ1) is 14.3. The van der Waals surface area contributed by atoms with Crippen LogP contribution in [0.1, 0.15) is 17.2 Å². The van der Waals surface area contributed by atoms with Crippen LogP contribution in [0, 0.1) is 12.7 Å². The molecule has 0 aliphatic rings. The molecule has 0 aliphatic heterocycles. The van der Waals surface area contributed by atoms with Crippen molar-refractivity contribution in [3.8, 4) is 11.4 Å². The molecule has 1 atom stereocenters. The molecule has 22 heavy (non-hydrogen) atoms. The topological polar surface area (TPSA) is 63.8 Å². The number of hydrogen-bond donors (Lipinski definition) is 1. The lowest BCUT2D eigenvalue weighted by atomic mass is 10.1. The van der Waals surface area contributed by atoms with E-state index in [4.69, 9.17) is 0 Å². The van der Waals surface area contributed by atoms with Crippen molar-refractivity contribution in [2.75, 3.05) is 0 Å². The summed E-state index contributed by atoms with van der Waals surface area (Å²) in [6.45, 7) is 1.89. The molecule has 1 N–H and O–H groups in total. The summed E-state index contributed by atoms with van der Waals surface area (Å²) < 4.78 is 13.3. The van der Waals surface area contributed by atoms with Gasteiger partial charge in [-0.15, -0.1) is 10.2 Å². The van der Waals surface area contributed by atoms with E-state index in [1.165, 1.54) is 10.9 Å². The van der Waals surface area contributed by atoms with Gasteiger partial charge in [-0.3, -0.25) is 0 Å². The van der Waals surface area contributed by atoms with E-state index < -0.39 is 6.10 Å². The lowest BCUT2D eigenvalue weighted by Gasteiger charge is -2.08. The van der Waals surface area contributed by atoms with Gasteiger partial charge in [0.1, 0.15) is 11.9 Å². The molecule has 0 saturated heterocycles. The van der Waals surface area contributed by atoms with Gasteiger partial charge in [0.15, 0.2) is 0 Å². The van der Waals surface area contributed by atoms with Gasteiger partial charge in [-0.2, -0.15) is 4.80 Å². The SMILES string of the molecule is Cc1cc(-c2nnn(CC(O)c3ccccc3)n2)ccc1F. The number of halogens is 1. The van der Waals surface area contributed by atoms with Gasteiger partial charge in [0.05, 0.1) is 6.54 Å². The lowest BCUT2D eigenvalue weighted by Crippen LogP contribution is -2.11. The first-order valence-corrected chi connectivity index (χ1v) is 6.91. The van der Waals surface area contributed by atoms with Gasteiger partial charge in [-0.05, 0) is 41.5 Å². The largest absolute Gasteiger partial charge is 0.386 e. The van der Waals surface area contributed by atoms with Gasteiger partial charge in [0, 0.05) is 5.56 Å². The van der Waals surface area contributed by atoms with Crippen LogP contribution in [0.2, 0.25) is 0 Å². The Bertz CT molecular complexity index is 773. The summed E-state index contributed by atoms with van der Waals surface area (Å²) in [6.07, 6.45) is -0.710. The number of tetrazole rings is 1. The van der Waals surface area contributed by atoms with Crippen molar-refractivity contribution in [3.05, 3.63) is 65.5 Å². The summed E-state index contributed by atoms with van der Waals surface area (Å²) in [7, 11) is 0. The monoisotopic (exact) mass is 298 g/mol. The minimum atomic E-state index is -0.710. The molecular formula is C16H15FN4O. The molecule has 0 amide bonds. The van der Waals surface area contributed by atoms with Crippen molar-refractivity contribution in [1.82, 2.24) is 20.2 Å². The number of rotatable bonds is 4. The first-order valence-electron chi connectivity index (χ1n) is 6.91. The maximum atomic E-state index is 13.3. The van der Waals surface area contributed by atoms with E-state index in [0.717, 1.165) is 5.56 Å². The molecule has 0 spiro atoms. The predicted molar refractivity (Wildman–Crippen MR) is 79.3 cm³/mol. The Labute approximate surface area is 127 Å². The number of aryl methyl sites for hydroxylation is 1. The molecule has 5 nitrogen and oxygen atoms in total. The van der Waals surface area contributed by atoms with Gasteiger partial charge in [-0.25, -0.2) is 4.39 Å². The van der Waals surface area contributed by atoms with E-state index in [0.29, 0.717) is 17.0 Å². The van der Waals surface area contributed by atoms with Crippen LogP contribution in [0.15, 0.2) is 48.5 Å². The van der Waals surface area contributed by atoms with Crippen molar-refractivity contribution < 1.29 is 9.50 Å². The molecule has 112 valence electrons. The summed E-state index contributed by atoms with van der Waals surface area (Å²) in [5.74, 6) is 0.138. The summed E-state index contributed by atoms with van der Waals surface area (Å²) in [5.41, 5.74) is 2.01. The highest BCUT2D eigenvalue weighted by atomic mass is 19.1. The number of aromatic nitrogens is 4. The van der Waals surface area contributed by atoms with Gasteiger partial charge in [0.2, 0.25) is 5.82 Å². The van der Waals surface area contributed by atoms with Crippen molar-refractivity contribution >= 4 is 0 Å². The molecule has 0 aliphatic carbocycles. The average molecular weight is 298 g/mol. The maximum absolute atomic E-state index is 13.3. The second-order valence-electron chi connectivity index (χ2n) is 5.06. The number of hydrogen-bond acceptors (Lipinski definition) is 4. The third-order valence-corrected chi connectivity index (χ3v) is 3.39. The van der Waals surface area contributed by atoms with Crippen LogP contribution >= 0.6 is 0 Å². The minimum absolute atomic E-state index is 0.206. The Morgan fingerprint density at radius 2 is 1.95 bits per heavy atom. The van der Waals surface area contributed by atoms with Crippen LogP contribution in [-0.2, 0) is 6.54 Å². The smallest absolute Gasteiger partial charge is 0.204 e. The molecule has 3 rings (SSSR count). The molecule has 1 unspecified atom stereocenters. The van der Waals surface area contributed by atoms with E-state index in [-0.39, 0.29) is 12.4 Å². The van der Waals surface area contributed by atoms with Crippen molar-refractivity contribution in [3.63, 3.8) is 0 Å². The standard InChI is InChI=1S/C16H15FN4O/c1-11-9-13(7-8-14(11)17)16-18-20-21(19-16)10-15(22)12-5-3-2-4-6-12/h2-9,15,22H,10H2,1H3. The lowest BCUT2D eigenvalue weighted by molar-refractivity contribution is 0.144. The zero-order chi connectivity index (χ0) is 15.5. The number of nitrogens with zero attached hydrogens (tertiary/aromatic N) is 4. The van der Waals surface area contributed by atoms with E-state index in [2.05, 4.69) is 15.4 Å². The van der Waals surface area contributed by atoms with Crippen LogP contribution in [-0.4, -0.2) is 25.3 Å². The van der Waals surface area contributed by atoms with Crippen molar-refractivity contribution in [2.45, 2.75) is 19.6 Å². The van der Waals surface area contributed by atoms with Crippen LogP contribution in [0.5, 0.6) is 0 Å². The third-order valence-electron chi connectivity index (χ3n) is 3.39. The van der Waals surface area contributed by atoms with E-state index >= 15 is 0 Å². The van der Waals surface area contributed by atoms with Gasteiger partial charge in [-0.1, -0.05) is 30.3 Å². The molecule has 3 aromatic rings. The highest BCUT2D eigenvalue weighted by Crippen LogP contribution is 2.18. The maximum Gasteiger partial charge on any atom is 0.204 e. The van der Waals surface area contributed by atoms with Gasteiger partial charge in [0.25, 0.3) is 0 Å². The summed E-state index contributed by atoms with van der Waals surface area (Å²) in [5, 5.41) is 22.3. The van der Waals surface area contributed by atoms with Gasteiger partial charge < -0.3 is 5.11 Å². The Balaban J connectivity index is 1.77. The van der Waals surface area contributed by atoms with E-state index in [1.54, 1.807) is 19.1 Å².